The zero-order valence-corrected chi connectivity index (χ0v) is 102. The molecule has 14 heterocycles. The number of halogens is 3. The number of nitrogens with zero attached hydrogens (tertiary/aromatic N) is 11. The van der Waals surface area contributed by atoms with Crippen LogP contribution in [0.5, 0.6) is 0 Å². The number of carbonyl (C=O) groups is 1. The van der Waals surface area contributed by atoms with Crippen LogP contribution in [0.4, 0.5) is 16.7 Å². The average Bonchev–Trinajstić information content (AvgIpc) is 0.755. The Balaban J connectivity index is 0.000000257. The van der Waals surface area contributed by atoms with Crippen LogP contribution in [-0.2, 0) is 481 Å². The van der Waals surface area contributed by atoms with Crippen molar-refractivity contribution >= 4 is 541 Å². The molecule has 636 valence electrons. The number of piperidine rings is 3. The van der Waals surface area contributed by atoms with Crippen LogP contribution < -0.4 is 15.1 Å². The second kappa shape index (κ2) is 70.4. The molecule has 112 heavy (non-hydrogen) atoms. The molecule has 0 radical (unpaired) electrons. The first-order valence-electron chi connectivity index (χ1n) is 28.7. The van der Waals surface area contributed by atoms with Gasteiger partial charge >= 0.3 is 6.09 Å². The maximum absolute atomic E-state index is 11.7. The number of anilines is 2. The second-order valence-corrected chi connectivity index (χ2v) is 112. The third kappa shape index (κ3) is 48.2. The Morgan fingerprint density at radius 3 is 0.884 bits per heavy atom. The number of rotatable bonds is 4. The molecule has 0 aromatic carbocycles. The first kappa shape index (κ1) is 109. The lowest BCUT2D eigenvalue weighted by molar-refractivity contribution is -0.142. The first-order valence-corrected chi connectivity index (χ1v) is 99.3. The fraction of sp³-hybridized carbons (Fsp3) is 0.634. The van der Waals surface area contributed by atoms with Crippen LogP contribution in [0.1, 0.15) is 53.0 Å². The highest BCUT2D eigenvalue weighted by molar-refractivity contribution is 14.1. The maximum Gasteiger partial charge on any atom is 0.410 e. The lowest BCUT2D eigenvalue weighted by Crippen LogP contribution is -2.74. The van der Waals surface area contributed by atoms with Gasteiger partial charge in [-0.15, -0.1) is 6.42 Å². The van der Waals surface area contributed by atoms with Crippen LogP contribution in [0.3, 0.4) is 0 Å². The van der Waals surface area contributed by atoms with E-state index >= 15 is 0 Å². The van der Waals surface area contributed by atoms with Crippen molar-refractivity contribution in [2.45, 2.75) is 101 Å². The Bertz CT molecular complexity index is 6070. The Morgan fingerprint density at radius 2 is 0.670 bits per heavy atom. The van der Waals surface area contributed by atoms with Gasteiger partial charge in [0.1, 0.15) is 5.60 Å². The van der Waals surface area contributed by atoms with Gasteiger partial charge in [0.2, 0.25) is 17.2 Å². The molecule has 6 bridgehead atoms. The second-order valence-electron chi connectivity index (χ2n) is 20.5. The molecule has 3 aromatic rings. The molecule has 11 aliphatic rings. The number of nitrogens with one attached hydrogen (secondary N) is 1. The van der Waals surface area contributed by atoms with E-state index in [-0.39, 0.29) is 19.1 Å². The minimum absolute atomic E-state index is 0. The summed E-state index contributed by atoms with van der Waals surface area (Å²) in [4.78, 5) is 48.5. The summed E-state index contributed by atoms with van der Waals surface area (Å²) < 4.78 is 18.0. The molecule has 11 saturated heterocycles. The molecule has 1 amide bonds. The molecule has 0 saturated carbocycles. The smallest absolute Gasteiger partial charge is 0.410 e. The van der Waals surface area contributed by atoms with Crippen LogP contribution in [-0.4, -0.2) is 170 Å². The summed E-state index contributed by atoms with van der Waals surface area (Å²) in [5.41, 5.74) is 0.355. The van der Waals surface area contributed by atoms with E-state index in [1.54, 1.807) is 131 Å². The van der Waals surface area contributed by atoms with Gasteiger partial charge in [-0.3, -0.25) is 14.7 Å². The molecule has 14 rings (SSSR count). The number of ether oxygens (including phenoxy) is 3. The normalized spacial score (nSPS) is 18.4. The van der Waals surface area contributed by atoms with E-state index in [0.717, 1.165) is 96.7 Å². The molecule has 0 spiro atoms. The van der Waals surface area contributed by atoms with Gasteiger partial charge < -0.3 is 29.3 Å². The summed E-state index contributed by atoms with van der Waals surface area (Å²) >= 11 is 19.4. The van der Waals surface area contributed by atoms with E-state index in [4.69, 9.17) is 54.6 Å². The summed E-state index contributed by atoms with van der Waals surface area (Å²) in [6.45, 7) is 15.3. The Labute approximate surface area is 836 Å². The number of hydrogen-bond donors (Lipinski definition) is 1. The molecular weight excluding hydrogens is 2680 g/mol. The number of aromatic nitrogens is 6. The van der Waals surface area contributed by atoms with Crippen molar-refractivity contribution in [3.05, 3.63) is 55.2 Å². The summed E-state index contributed by atoms with van der Waals surface area (Å²) in [7, 11) is 89.4. The van der Waals surface area contributed by atoms with Gasteiger partial charge in [0, 0.05) is 586 Å². The summed E-state index contributed by atoms with van der Waals surface area (Å²) in [5.74, 6) is 4.23. The monoisotopic (exact) mass is 2730 g/mol. The van der Waals surface area contributed by atoms with E-state index in [0.29, 0.717) is 53.6 Å². The first-order chi connectivity index (χ1) is 54.3. The molecule has 71 heteroatoms. The molecule has 11 fully saturated rings. The highest BCUT2D eigenvalue weighted by Crippen LogP contribution is 2.38. The van der Waals surface area contributed by atoms with Gasteiger partial charge in [0.25, 0.3) is 0 Å². The quantitative estimate of drug-likeness (QED) is 0.227. The van der Waals surface area contributed by atoms with Crippen LogP contribution >= 0.6 is 56.8 Å². The molecule has 6 unspecified atom stereocenters. The van der Waals surface area contributed by atoms with E-state index in [2.05, 4.69) is 106 Å². The highest BCUT2D eigenvalue weighted by Gasteiger charge is 2.51. The van der Waals surface area contributed by atoms with Crippen molar-refractivity contribution in [3.63, 3.8) is 0 Å². The Morgan fingerprint density at radius 1 is 0.429 bits per heavy atom. The van der Waals surface area contributed by atoms with Crippen molar-refractivity contribution in [1.82, 2.24) is 49.9 Å². The number of terminal acetylenes is 1. The largest absolute Gasteiger partial charge is 0.444 e. The van der Waals surface area contributed by atoms with Gasteiger partial charge in [-0.1, -0.05) is 13.3 Å². The fourth-order valence-electron chi connectivity index (χ4n) is 9.55. The zero-order valence-electron chi connectivity index (χ0n) is 54.8. The summed E-state index contributed by atoms with van der Waals surface area (Å²) in [5, 5.41) is 3.58. The lowest BCUT2D eigenvalue weighted by atomic mass is 9.85. The standard InChI is InChI=1S/C14H16N4O.C12H15IN4O.C10H18N2O2.C4H2ClIN2.CH4.S52/c1-2-10-4-15-14(16-5-10)17-6-11-3-12(7-17)18(11)13-8-19-9-13;13-8-2-14-12(15-3-8)16-4-9-1-10(5-16)17(9)11-6-18-7-11;1-10(2,3)14-9(13)12-7-4-8(12)6-11-5-7;5-4-7-1-3(6)2-8-4;;1-3-5-7-9-11-13-15-17-19-21-23-25-27-29-31-33-35-37-39-41-43-45-47-49-51-52-50-48-46-44-42-40-38-36-34-32-30-28-26-24-22-20-18-16-14-12-10-8-6-4-2/h1,4-5,11-13H,3,6-9H2;2-3,9-11H,1,4-7H2;7-8,11H,4-6H2,1-3H3;1-2H;1H4;. The van der Waals surface area contributed by atoms with E-state index < -0.39 is 0 Å². The number of amides is 1. The summed E-state index contributed by atoms with van der Waals surface area (Å²) in [6, 6.07) is 4.70. The predicted molar refractivity (Wildman–Crippen MR) is 629 cm³/mol. The average molecular weight is 2740 g/mol. The van der Waals surface area contributed by atoms with Crippen LogP contribution in [0.15, 0.2) is 37.2 Å². The highest BCUT2D eigenvalue weighted by atomic mass is 127. The van der Waals surface area contributed by atoms with Crippen LogP contribution in [0.2, 0.25) is 5.28 Å². The van der Waals surface area contributed by atoms with Gasteiger partial charge in [-0.2, -0.15) is 0 Å². The minimum atomic E-state index is -0.381. The third-order valence-electron chi connectivity index (χ3n) is 13.2. The van der Waals surface area contributed by atoms with Crippen molar-refractivity contribution in [3.8, 4) is 12.3 Å². The minimum Gasteiger partial charge on any atom is -0.444 e. The van der Waals surface area contributed by atoms with Crippen LogP contribution in [0, 0.1) is 19.5 Å². The number of hydrogen-bond acceptors (Lipinski definition) is 17. The van der Waals surface area contributed by atoms with Gasteiger partial charge in [-0.05, 0) is 96.8 Å². The molecule has 11 aliphatic heterocycles. The third-order valence-corrected chi connectivity index (χ3v) is 123. The van der Waals surface area contributed by atoms with Crippen molar-refractivity contribution in [1.29, 1.82) is 0 Å². The molecule has 3 aromatic heterocycles. The fourth-order valence-corrected chi connectivity index (χ4v) is 142. The topological polar surface area (TPSA) is 150 Å². The molecule has 6 atom stereocenters. The number of carbonyl (C=O) groups excluding carboxylic acids is 1. The molecule has 1 N–H and O–H groups in total. The Kier molecular flexibility index (Phi) is 68.8. The van der Waals surface area contributed by atoms with E-state index in [1.165, 1.54) is 30.6 Å². The van der Waals surface area contributed by atoms with Gasteiger partial charge in [0.05, 0.1) is 44.1 Å². The van der Waals surface area contributed by atoms with Gasteiger partial charge in [-0.25, -0.2) is 34.7 Å². The van der Waals surface area contributed by atoms with E-state index in [1.807, 2.05) is 358 Å². The SMILES string of the molecule is C.C#Cc1cnc(N2CC3CC(C2)N3C2COC2)nc1.CC(C)(C)OC(=O)N1C2CNCC1C2.Clc1ncc(I)cn1.Ic1cnc(N2CC3CC(C2)N3C2COC2)nc1.S=S=S=S=S=S=S=S=S=S=S=S=S=S=S=S=S=S=S=S=S=S=S=S=S=S=S=S=S=S=S=S=S=S=S=S=S=S=S=S=S=S=S=S=S=S=S=S=S=S=S=S. The van der Waals surface area contributed by atoms with Crippen molar-refractivity contribution in [2.24, 2.45) is 0 Å². The summed E-state index contributed by atoms with van der Waals surface area (Å²) in [6.07, 6.45) is 19.5. The van der Waals surface area contributed by atoms with E-state index in [9.17, 15) is 4.79 Å². The molecular formula is C41H55ClI2N12O4S52. The number of fused-ring (bicyclic) bond motifs is 6. The Hall–Kier alpha value is 8.66. The predicted octanol–water partition coefficient (Wildman–Crippen LogP) is 4.08. The lowest BCUT2D eigenvalue weighted by Gasteiger charge is -2.60. The zero-order chi connectivity index (χ0) is 78.6. The van der Waals surface area contributed by atoms with Crippen molar-refractivity contribution in [2.75, 3.05) is 75.5 Å². The van der Waals surface area contributed by atoms with Crippen LogP contribution in [0.25, 0.3) is 0 Å². The molecule has 16 nitrogen and oxygen atoms in total. The van der Waals surface area contributed by atoms with Crippen molar-refractivity contribution < 1.29 is 19.0 Å². The molecule has 0 aliphatic carbocycles. The maximum atomic E-state index is 11.7. The number of piperazine rings is 3. The van der Waals surface area contributed by atoms with Gasteiger partial charge in [0.15, 0.2) is 0 Å².